The van der Waals surface area contributed by atoms with Crippen molar-refractivity contribution in [3.05, 3.63) is 80.1 Å². The second kappa shape index (κ2) is 11.6. The number of aldehydes is 1. The fourth-order valence-electron chi connectivity index (χ4n) is 3.73. The first-order chi connectivity index (χ1) is 16.3. The number of aromatic nitrogens is 1. The van der Waals surface area contributed by atoms with Crippen molar-refractivity contribution >= 4 is 64.5 Å². The van der Waals surface area contributed by atoms with Gasteiger partial charge in [-0.3, -0.25) is 9.59 Å². The highest BCUT2D eigenvalue weighted by atomic mass is 35.5. The molecule has 3 N–H and O–H groups in total. The van der Waals surface area contributed by atoms with Crippen molar-refractivity contribution in [1.82, 2.24) is 10.3 Å². The molecule has 0 fully saturated rings. The monoisotopic (exact) mass is 515 g/mol. The van der Waals surface area contributed by atoms with Crippen molar-refractivity contribution in [2.24, 2.45) is 0 Å². The Bertz CT molecular complexity index is 1250. The second-order valence-electron chi connectivity index (χ2n) is 7.70. The minimum absolute atomic E-state index is 0.130. The van der Waals surface area contributed by atoms with Crippen molar-refractivity contribution in [2.75, 3.05) is 18.9 Å². The van der Waals surface area contributed by atoms with Crippen molar-refractivity contribution in [3.8, 4) is 0 Å². The van der Waals surface area contributed by atoms with E-state index >= 15 is 0 Å². The molecule has 0 aliphatic rings. The van der Waals surface area contributed by atoms with E-state index < -0.39 is 0 Å². The molecule has 3 aromatic rings. The molecule has 34 heavy (non-hydrogen) atoms. The largest absolute Gasteiger partial charge is 0.388 e. The van der Waals surface area contributed by atoms with Gasteiger partial charge in [0.05, 0.1) is 15.6 Å². The van der Waals surface area contributed by atoms with E-state index in [0.717, 1.165) is 44.9 Å². The summed E-state index contributed by atoms with van der Waals surface area (Å²) in [6, 6.07) is 11.5. The van der Waals surface area contributed by atoms with Crippen molar-refractivity contribution < 1.29 is 9.59 Å². The number of thioether (sulfide) groups is 1. The van der Waals surface area contributed by atoms with E-state index in [-0.39, 0.29) is 5.91 Å². The molecule has 0 atom stereocenters. The maximum atomic E-state index is 12.5. The Balaban J connectivity index is 1.96. The zero-order valence-electron chi connectivity index (χ0n) is 19.5. The summed E-state index contributed by atoms with van der Waals surface area (Å²) in [7, 11) is 1.82. The SMILES string of the molecule is CCNC(=O)c1c(C)[nH]c(/C=C(\C=O)c2cc(SCc3cccc(Cl)c3Cl)ccc2NC)c1C. The molecule has 0 radical (unpaired) electrons. The molecular weight excluding hydrogens is 489 g/mol. The highest BCUT2D eigenvalue weighted by Crippen LogP contribution is 2.34. The zero-order chi connectivity index (χ0) is 24.8. The maximum absolute atomic E-state index is 12.5. The van der Waals surface area contributed by atoms with Crippen LogP contribution in [0.2, 0.25) is 10.0 Å². The van der Waals surface area contributed by atoms with E-state index in [1.807, 2.05) is 58.2 Å². The summed E-state index contributed by atoms with van der Waals surface area (Å²) >= 11 is 14.1. The Labute approximate surface area is 214 Å². The minimum atomic E-state index is -0.130. The van der Waals surface area contributed by atoms with Crippen LogP contribution in [0.15, 0.2) is 41.3 Å². The molecule has 0 saturated heterocycles. The van der Waals surface area contributed by atoms with Crippen LogP contribution in [0, 0.1) is 13.8 Å². The lowest BCUT2D eigenvalue weighted by atomic mass is 10.0. The van der Waals surface area contributed by atoms with Crippen molar-refractivity contribution in [3.63, 3.8) is 0 Å². The van der Waals surface area contributed by atoms with Gasteiger partial charge in [-0.05, 0) is 62.2 Å². The van der Waals surface area contributed by atoms with Crippen LogP contribution in [0.3, 0.4) is 0 Å². The van der Waals surface area contributed by atoms with Gasteiger partial charge in [0.25, 0.3) is 5.91 Å². The number of H-pyrrole nitrogens is 1. The van der Waals surface area contributed by atoms with Crippen molar-refractivity contribution in [2.45, 2.75) is 31.4 Å². The Morgan fingerprint density at radius 3 is 2.62 bits per heavy atom. The maximum Gasteiger partial charge on any atom is 0.253 e. The molecule has 1 amide bonds. The zero-order valence-corrected chi connectivity index (χ0v) is 21.8. The van der Waals surface area contributed by atoms with E-state index in [1.54, 1.807) is 23.9 Å². The Morgan fingerprint density at radius 1 is 1.18 bits per heavy atom. The quantitative estimate of drug-likeness (QED) is 0.167. The third-order valence-corrected chi connectivity index (χ3v) is 7.37. The predicted molar refractivity (Wildman–Crippen MR) is 144 cm³/mol. The molecule has 0 aliphatic heterocycles. The average molecular weight is 516 g/mol. The third-order valence-electron chi connectivity index (χ3n) is 5.46. The number of benzene rings is 2. The highest BCUT2D eigenvalue weighted by molar-refractivity contribution is 7.98. The summed E-state index contributed by atoms with van der Waals surface area (Å²) < 4.78 is 0. The number of carbonyl (C=O) groups is 2. The summed E-state index contributed by atoms with van der Waals surface area (Å²) in [5.74, 6) is 0.512. The molecular formula is C26H27Cl2N3O2S. The number of hydrogen-bond acceptors (Lipinski definition) is 4. The van der Waals surface area contributed by atoms with Crippen LogP contribution in [-0.2, 0) is 10.5 Å². The summed E-state index contributed by atoms with van der Waals surface area (Å²) in [6.45, 7) is 6.16. The molecule has 2 aromatic carbocycles. The molecule has 178 valence electrons. The van der Waals surface area contributed by atoms with Gasteiger partial charge in [-0.1, -0.05) is 35.3 Å². The number of allylic oxidation sites excluding steroid dienone is 1. The molecule has 0 unspecified atom stereocenters. The van der Waals surface area contributed by atoms with Crippen LogP contribution in [-0.4, -0.2) is 30.8 Å². The first-order valence-corrected chi connectivity index (χ1v) is 12.6. The number of amides is 1. The molecule has 1 aromatic heterocycles. The Kier molecular flexibility index (Phi) is 8.89. The number of nitrogens with one attached hydrogen (secondary N) is 3. The lowest BCUT2D eigenvalue weighted by molar-refractivity contribution is -0.103. The summed E-state index contributed by atoms with van der Waals surface area (Å²) in [6.07, 6.45) is 2.62. The van der Waals surface area contributed by atoms with Crippen LogP contribution in [0.1, 0.15) is 45.4 Å². The number of aryl methyl sites for hydroxylation is 1. The number of halogens is 2. The van der Waals surface area contributed by atoms with Crippen LogP contribution < -0.4 is 10.6 Å². The van der Waals surface area contributed by atoms with E-state index in [1.165, 1.54) is 0 Å². The first kappa shape index (κ1) is 25.9. The average Bonchev–Trinajstić information content (AvgIpc) is 3.11. The summed E-state index contributed by atoms with van der Waals surface area (Å²) in [4.78, 5) is 28.8. The molecule has 5 nitrogen and oxygen atoms in total. The van der Waals surface area contributed by atoms with Gasteiger partial charge in [0.15, 0.2) is 6.29 Å². The Morgan fingerprint density at radius 2 is 1.94 bits per heavy atom. The second-order valence-corrected chi connectivity index (χ2v) is 9.53. The number of aromatic amines is 1. The van der Waals surface area contributed by atoms with Gasteiger partial charge in [-0.15, -0.1) is 11.8 Å². The minimum Gasteiger partial charge on any atom is -0.388 e. The van der Waals surface area contributed by atoms with Crippen molar-refractivity contribution in [1.29, 1.82) is 0 Å². The Hall–Kier alpha value is -2.67. The normalized spacial score (nSPS) is 11.4. The number of carbonyl (C=O) groups excluding carboxylic acids is 2. The van der Waals surface area contributed by atoms with Gasteiger partial charge in [-0.25, -0.2) is 0 Å². The fraction of sp³-hybridized carbons (Fsp3) is 0.231. The van der Waals surface area contributed by atoms with E-state index in [4.69, 9.17) is 23.2 Å². The molecule has 0 saturated carbocycles. The third kappa shape index (κ3) is 5.69. The van der Waals surface area contributed by atoms with Crippen LogP contribution in [0.25, 0.3) is 11.6 Å². The first-order valence-electron chi connectivity index (χ1n) is 10.8. The van der Waals surface area contributed by atoms with E-state index in [9.17, 15) is 9.59 Å². The van der Waals surface area contributed by atoms with Gasteiger partial charge in [0.1, 0.15) is 0 Å². The predicted octanol–water partition coefficient (Wildman–Crippen LogP) is 6.76. The molecule has 3 rings (SSSR count). The smallest absolute Gasteiger partial charge is 0.253 e. The van der Waals surface area contributed by atoms with Gasteiger partial charge < -0.3 is 15.6 Å². The van der Waals surface area contributed by atoms with Crippen LogP contribution in [0.5, 0.6) is 0 Å². The molecule has 0 bridgehead atoms. The van der Waals surface area contributed by atoms with Gasteiger partial charge >= 0.3 is 0 Å². The van der Waals surface area contributed by atoms with E-state index in [0.29, 0.717) is 33.5 Å². The van der Waals surface area contributed by atoms with Crippen LogP contribution in [0.4, 0.5) is 5.69 Å². The lowest BCUT2D eigenvalue weighted by Gasteiger charge is -2.12. The highest BCUT2D eigenvalue weighted by Gasteiger charge is 2.18. The van der Waals surface area contributed by atoms with Gasteiger partial charge in [-0.2, -0.15) is 0 Å². The fourth-order valence-corrected chi connectivity index (χ4v) is 5.12. The molecule has 0 spiro atoms. The molecule has 1 heterocycles. The number of rotatable bonds is 9. The van der Waals surface area contributed by atoms with E-state index in [2.05, 4.69) is 15.6 Å². The summed E-state index contributed by atoms with van der Waals surface area (Å²) in [5.41, 5.74) is 5.94. The number of anilines is 1. The number of hydrogen-bond donors (Lipinski definition) is 3. The lowest BCUT2D eigenvalue weighted by Crippen LogP contribution is -2.23. The topological polar surface area (TPSA) is 74.0 Å². The standard InChI is InChI=1S/C26H27Cl2N3O2S/c1-5-30-26(33)24-15(2)23(31-16(24)3)11-18(13-32)20-12-19(9-10-22(20)29-4)34-14-17-7-6-8-21(27)25(17)28/h6-13,29,31H,5,14H2,1-4H3,(H,30,33)/b18-11+. The van der Waals surface area contributed by atoms with Gasteiger partial charge in [0, 0.05) is 52.5 Å². The van der Waals surface area contributed by atoms with Crippen LogP contribution >= 0.6 is 35.0 Å². The molecule has 8 heteroatoms. The molecule has 0 aliphatic carbocycles. The van der Waals surface area contributed by atoms with Gasteiger partial charge in [0.2, 0.25) is 0 Å². The summed E-state index contributed by atoms with van der Waals surface area (Å²) in [5, 5.41) is 7.08.